The standard InChI is InChI=1S/C15H23FN2O2S/c1-11(2)15(6-7-15)10-18-21(19,20)14-8-12(9-17-3)4-5-13(14)16/h4-5,8,11,17-18H,6-7,9-10H2,1-3H3. The van der Waals surface area contributed by atoms with E-state index in [1.807, 2.05) is 0 Å². The molecule has 0 aromatic heterocycles. The lowest BCUT2D eigenvalue weighted by Gasteiger charge is -2.20. The summed E-state index contributed by atoms with van der Waals surface area (Å²) in [6.45, 7) is 5.06. The number of sulfonamides is 1. The van der Waals surface area contributed by atoms with Gasteiger partial charge in [-0.25, -0.2) is 17.5 Å². The Kier molecular flexibility index (Phi) is 4.70. The first kappa shape index (κ1) is 16.4. The maximum atomic E-state index is 13.9. The van der Waals surface area contributed by atoms with E-state index >= 15 is 0 Å². The lowest BCUT2D eigenvalue weighted by molar-refractivity contribution is 0.357. The van der Waals surface area contributed by atoms with Crippen molar-refractivity contribution in [3.63, 3.8) is 0 Å². The first-order valence-electron chi connectivity index (χ1n) is 7.23. The summed E-state index contributed by atoms with van der Waals surface area (Å²) < 4.78 is 41.1. The second kappa shape index (κ2) is 6.02. The fourth-order valence-corrected chi connectivity index (χ4v) is 3.77. The number of hydrogen-bond acceptors (Lipinski definition) is 3. The lowest BCUT2D eigenvalue weighted by atomic mass is 9.93. The molecule has 2 N–H and O–H groups in total. The number of rotatable bonds is 7. The van der Waals surface area contributed by atoms with E-state index in [2.05, 4.69) is 23.9 Å². The van der Waals surface area contributed by atoms with Gasteiger partial charge in [0.25, 0.3) is 0 Å². The third kappa shape index (κ3) is 3.62. The highest BCUT2D eigenvalue weighted by molar-refractivity contribution is 7.89. The molecule has 0 unspecified atom stereocenters. The van der Waals surface area contributed by atoms with Gasteiger partial charge < -0.3 is 5.32 Å². The van der Waals surface area contributed by atoms with Crippen LogP contribution in [0.3, 0.4) is 0 Å². The molecule has 0 saturated heterocycles. The average Bonchev–Trinajstić information content (AvgIpc) is 3.20. The van der Waals surface area contributed by atoms with Gasteiger partial charge in [0.2, 0.25) is 10.0 Å². The second-order valence-electron chi connectivity index (χ2n) is 6.14. The van der Waals surface area contributed by atoms with E-state index in [0.29, 0.717) is 19.0 Å². The summed E-state index contributed by atoms with van der Waals surface area (Å²) >= 11 is 0. The SMILES string of the molecule is CNCc1ccc(F)c(S(=O)(=O)NCC2(C(C)C)CC2)c1. The molecule has 118 valence electrons. The van der Waals surface area contributed by atoms with Gasteiger partial charge in [-0.05, 0) is 48.9 Å². The van der Waals surface area contributed by atoms with Gasteiger partial charge in [0, 0.05) is 13.1 Å². The Morgan fingerprint density at radius 1 is 1.33 bits per heavy atom. The fourth-order valence-electron chi connectivity index (χ4n) is 2.50. The predicted molar refractivity (Wildman–Crippen MR) is 80.9 cm³/mol. The summed E-state index contributed by atoms with van der Waals surface area (Å²) in [6.07, 6.45) is 2.05. The summed E-state index contributed by atoms with van der Waals surface area (Å²) in [4.78, 5) is -0.269. The van der Waals surface area contributed by atoms with Crippen molar-refractivity contribution < 1.29 is 12.8 Å². The van der Waals surface area contributed by atoms with Crippen LogP contribution in [-0.4, -0.2) is 22.0 Å². The van der Waals surface area contributed by atoms with Crippen molar-refractivity contribution in [1.82, 2.24) is 10.0 Å². The van der Waals surface area contributed by atoms with Crippen LogP contribution in [0, 0.1) is 17.2 Å². The molecule has 6 heteroatoms. The largest absolute Gasteiger partial charge is 0.316 e. The second-order valence-corrected chi connectivity index (χ2v) is 7.87. The summed E-state index contributed by atoms with van der Waals surface area (Å²) in [7, 11) is -2.05. The minimum Gasteiger partial charge on any atom is -0.316 e. The molecule has 1 aromatic rings. The van der Waals surface area contributed by atoms with E-state index in [1.54, 1.807) is 13.1 Å². The zero-order valence-electron chi connectivity index (χ0n) is 12.7. The van der Waals surface area contributed by atoms with Crippen LogP contribution in [0.15, 0.2) is 23.1 Å². The molecule has 1 fully saturated rings. The molecule has 0 radical (unpaired) electrons. The molecule has 0 atom stereocenters. The van der Waals surface area contributed by atoms with Gasteiger partial charge in [0.15, 0.2) is 0 Å². The van der Waals surface area contributed by atoms with Gasteiger partial charge in [-0.1, -0.05) is 19.9 Å². The van der Waals surface area contributed by atoms with Crippen molar-refractivity contribution in [3.8, 4) is 0 Å². The zero-order chi connectivity index (χ0) is 15.7. The number of benzene rings is 1. The monoisotopic (exact) mass is 314 g/mol. The Labute approximate surface area is 126 Å². The van der Waals surface area contributed by atoms with Crippen molar-refractivity contribution in [2.24, 2.45) is 11.3 Å². The van der Waals surface area contributed by atoms with E-state index in [0.717, 1.165) is 18.4 Å². The maximum absolute atomic E-state index is 13.9. The van der Waals surface area contributed by atoms with Crippen molar-refractivity contribution in [1.29, 1.82) is 0 Å². The van der Waals surface area contributed by atoms with Crippen LogP contribution in [0.1, 0.15) is 32.3 Å². The predicted octanol–water partition coefficient (Wildman–Crippen LogP) is 2.26. The molecule has 1 aromatic carbocycles. The topological polar surface area (TPSA) is 58.2 Å². The first-order chi connectivity index (χ1) is 9.81. The molecule has 1 saturated carbocycles. The highest BCUT2D eigenvalue weighted by atomic mass is 32.2. The minimum absolute atomic E-state index is 0.0477. The van der Waals surface area contributed by atoms with Crippen LogP contribution < -0.4 is 10.0 Å². The lowest BCUT2D eigenvalue weighted by Crippen LogP contribution is -2.33. The van der Waals surface area contributed by atoms with E-state index < -0.39 is 15.8 Å². The highest BCUT2D eigenvalue weighted by Crippen LogP contribution is 2.51. The van der Waals surface area contributed by atoms with E-state index in [1.165, 1.54) is 12.1 Å². The first-order valence-corrected chi connectivity index (χ1v) is 8.72. The summed E-state index contributed by atoms with van der Waals surface area (Å²) in [5.41, 5.74) is 0.788. The van der Waals surface area contributed by atoms with E-state index in [-0.39, 0.29) is 10.3 Å². The van der Waals surface area contributed by atoms with Gasteiger partial charge in [-0.15, -0.1) is 0 Å². The molecular formula is C15H23FN2O2S. The van der Waals surface area contributed by atoms with Gasteiger partial charge in [-0.3, -0.25) is 0 Å². The van der Waals surface area contributed by atoms with E-state index in [4.69, 9.17) is 0 Å². The van der Waals surface area contributed by atoms with Crippen LogP contribution in [0.5, 0.6) is 0 Å². The van der Waals surface area contributed by atoms with Crippen molar-refractivity contribution >= 4 is 10.0 Å². The third-order valence-corrected chi connectivity index (χ3v) is 5.81. The molecule has 21 heavy (non-hydrogen) atoms. The summed E-state index contributed by atoms with van der Waals surface area (Å²) in [5, 5.41) is 2.93. The quantitative estimate of drug-likeness (QED) is 0.811. The fraction of sp³-hybridized carbons (Fsp3) is 0.600. The smallest absolute Gasteiger partial charge is 0.243 e. The van der Waals surface area contributed by atoms with Crippen LogP contribution in [-0.2, 0) is 16.6 Å². The number of nitrogens with one attached hydrogen (secondary N) is 2. The van der Waals surface area contributed by atoms with Crippen LogP contribution in [0.25, 0.3) is 0 Å². The van der Waals surface area contributed by atoms with Gasteiger partial charge in [0.1, 0.15) is 10.7 Å². The highest BCUT2D eigenvalue weighted by Gasteiger charge is 2.45. The van der Waals surface area contributed by atoms with Crippen molar-refractivity contribution in [2.75, 3.05) is 13.6 Å². The molecule has 0 bridgehead atoms. The molecule has 1 aliphatic rings. The van der Waals surface area contributed by atoms with Crippen molar-refractivity contribution in [3.05, 3.63) is 29.6 Å². The number of hydrogen-bond donors (Lipinski definition) is 2. The Morgan fingerprint density at radius 2 is 2.00 bits per heavy atom. The Hall–Kier alpha value is -0.980. The molecule has 0 amide bonds. The van der Waals surface area contributed by atoms with Crippen molar-refractivity contribution in [2.45, 2.75) is 38.1 Å². The summed E-state index contributed by atoms with van der Waals surface area (Å²) in [5.74, 6) is -0.294. The van der Waals surface area contributed by atoms with Crippen LogP contribution >= 0.6 is 0 Å². The minimum atomic E-state index is -3.81. The van der Waals surface area contributed by atoms with Gasteiger partial charge in [0.05, 0.1) is 0 Å². The molecule has 0 heterocycles. The molecule has 0 spiro atoms. The molecule has 2 rings (SSSR count). The number of halogens is 1. The van der Waals surface area contributed by atoms with E-state index in [9.17, 15) is 12.8 Å². The van der Waals surface area contributed by atoms with Gasteiger partial charge >= 0.3 is 0 Å². The third-order valence-electron chi connectivity index (χ3n) is 4.40. The molecule has 1 aliphatic carbocycles. The Balaban J connectivity index is 2.17. The molecular weight excluding hydrogens is 291 g/mol. The maximum Gasteiger partial charge on any atom is 0.243 e. The van der Waals surface area contributed by atoms with Crippen LogP contribution in [0.4, 0.5) is 4.39 Å². The summed E-state index contributed by atoms with van der Waals surface area (Å²) in [6, 6.07) is 4.18. The van der Waals surface area contributed by atoms with Crippen LogP contribution in [0.2, 0.25) is 0 Å². The van der Waals surface area contributed by atoms with Gasteiger partial charge in [-0.2, -0.15) is 0 Å². The molecule has 4 nitrogen and oxygen atoms in total. The zero-order valence-corrected chi connectivity index (χ0v) is 13.6. The normalized spacial score (nSPS) is 17.2. The molecule has 0 aliphatic heterocycles. The average molecular weight is 314 g/mol. The Bertz CT molecular complexity index is 610. The Morgan fingerprint density at radius 3 is 2.52 bits per heavy atom.